The summed E-state index contributed by atoms with van der Waals surface area (Å²) in [6.45, 7) is 7.56. The molecule has 4 rings (SSSR count). The van der Waals surface area contributed by atoms with Crippen LogP contribution < -0.4 is 0 Å². The van der Waals surface area contributed by atoms with E-state index in [1.807, 2.05) is 0 Å². The molecule has 0 aromatic carbocycles. The zero-order valence-corrected chi connectivity index (χ0v) is 19.1. The lowest BCUT2D eigenvalue weighted by Gasteiger charge is -2.58. The molecule has 0 heterocycles. The van der Waals surface area contributed by atoms with E-state index >= 15 is 0 Å². The van der Waals surface area contributed by atoms with Crippen molar-refractivity contribution >= 4 is 5.97 Å². The highest BCUT2D eigenvalue weighted by Gasteiger charge is 2.59. The molecule has 3 heteroatoms. The number of carbonyl (C=O) groups is 1. The molecule has 3 nitrogen and oxygen atoms in total. The molecule has 4 aliphatic carbocycles. The molecular formula is C26H42O3. The van der Waals surface area contributed by atoms with Crippen molar-refractivity contribution in [2.75, 3.05) is 7.11 Å². The van der Waals surface area contributed by atoms with Crippen LogP contribution in [0.4, 0.5) is 0 Å². The fraction of sp³-hybridized carbons (Fsp3) is 0.885. The lowest BCUT2D eigenvalue weighted by atomic mass is 9.47. The van der Waals surface area contributed by atoms with Crippen molar-refractivity contribution in [2.45, 2.75) is 97.5 Å². The highest BCUT2D eigenvalue weighted by Crippen LogP contribution is 2.67. The Bertz CT molecular complexity index is 654. The highest BCUT2D eigenvalue weighted by atomic mass is 16.5. The monoisotopic (exact) mass is 402 g/mol. The number of carbonyl (C=O) groups excluding carboxylic acids is 1. The quantitative estimate of drug-likeness (QED) is 0.459. The van der Waals surface area contributed by atoms with E-state index in [4.69, 9.17) is 4.74 Å². The first-order valence-corrected chi connectivity index (χ1v) is 12.2. The molecule has 3 fully saturated rings. The van der Waals surface area contributed by atoms with Crippen molar-refractivity contribution in [3.8, 4) is 0 Å². The minimum atomic E-state index is -0.110. The summed E-state index contributed by atoms with van der Waals surface area (Å²) in [4.78, 5) is 11.5. The number of esters is 1. The molecule has 0 saturated heterocycles. The number of ether oxygens (including phenoxy) is 1. The number of aliphatic hydroxyl groups excluding tert-OH is 1. The number of methoxy groups -OCH3 is 1. The smallest absolute Gasteiger partial charge is 0.305 e. The first kappa shape index (κ1) is 21.4. The Morgan fingerprint density at radius 2 is 2.00 bits per heavy atom. The SMILES string of the molecule is COC(=O)CCC[C@@H](C)[C@H]1CC[C@H]2C3CC=C4C[C@@H](O)CC[C@]4(C)[C@H]3CC[C@]12C. The van der Waals surface area contributed by atoms with Crippen molar-refractivity contribution in [1.82, 2.24) is 0 Å². The first-order chi connectivity index (χ1) is 13.8. The second-order valence-electron chi connectivity index (χ2n) is 11.3. The molecule has 8 atom stereocenters. The van der Waals surface area contributed by atoms with Gasteiger partial charge in [0.15, 0.2) is 0 Å². The fourth-order valence-corrected chi connectivity index (χ4v) is 8.49. The van der Waals surface area contributed by atoms with Crippen LogP contribution in [0, 0.1) is 40.4 Å². The Morgan fingerprint density at radius 3 is 2.76 bits per heavy atom. The standard InChI is InChI=1S/C26H42O3/c1-17(6-5-7-24(28)29-4)21-10-11-22-20-9-8-18-16-19(27)12-14-25(18,2)23(20)13-15-26(21,22)3/h8,17,19-23,27H,5-7,9-16H2,1-4H3/t17-,19+,20?,21-,22+,23+,25+,26-/m1/s1. The Kier molecular flexibility index (Phi) is 5.92. The molecule has 164 valence electrons. The molecule has 0 bridgehead atoms. The predicted molar refractivity (Wildman–Crippen MR) is 116 cm³/mol. The minimum absolute atomic E-state index is 0.0659. The van der Waals surface area contributed by atoms with E-state index in [0.717, 1.165) is 49.4 Å². The van der Waals surface area contributed by atoms with E-state index in [1.54, 1.807) is 5.57 Å². The zero-order valence-electron chi connectivity index (χ0n) is 19.1. The number of allylic oxidation sites excluding steroid dienone is 1. The zero-order chi connectivity index (χ0) is 20.8. The van der Waals surface area contributed by atoms with Crippen LogP contribution in [0.25, 0.3) is 0 Å². The summed E-state index contributed by atoms with van der Waals surface area (Å²) >= 11 is 0. The van der Waals surface area contributed by atoms with Crippen LogP contribution in [0.15, 0.2) is 11.6 Å². The summed E-state index contributed by atoms with van der Waals surface area (Å²) in [5, 5.41) is 10.2. The Labute approximate surface area is 177 Å². The summed E-state index contributed by atoms with van der Waals surface area (Å²) in [5.41, 5.74) is 2.39. The first-order valence-electron chi connectivity index (χ1n) is 12.2. The highest BCUT2D eigenvalue weighted by molar-refractivity contribution is 5.68. The average Bonchev–Trinajstić information content (AvgIpc) is 3.05. The molecule has 0 spiro atoms. The van der Waals surface area contributed by atoms with Gasteiger partial charge in [-0.05, 0) is 105 Å². The maximum Gasteiger partial charge on any atom is 0.305 e. The van der Waals surface area contributed by atoms with E-state index in [9.17, 15) is 9.90 Å². The third-order valence-electron chi connectivity index (χ3n) is 10.1. The molecule has 1 unspecified atom stereocenters. The topological polar surface area (TPSA) is 46.5 Å². The molecule has 0 aromatic heterocycles. The fourth-order valence-electron chi connectivity index (χ4n) is 8.49. The van der Waals surface area contributed by atoms with E-state index < -0.39 is 0 Å². The van der Waals surface area contributed by atoms with Gasteiger partial charge in [0.2, 0.25) is 0 Å². The number of aliphatic hydroxyl groups is 1. The Hall–Kier alpha value is -0.830. The van der Waals surface area contributed by atoms with Crippen molar-refractivity contribution in [3.63, 3.8) is 0 Å². The molecule has 0 radical (unpaired) electrons. The molecule has 0 amide bonds. The van der Waals surface area contributed by atoms with Gasteiger partial charge in [-0.2, -0.15) is 0 Å². The molecule has 0 aliphatic heterocycles. The normalized spacial score (nSPS) is 44.9. The molecule has 4 aliphatic rings. The van der Waals surface area contributed by atoms with Gasteiger partial charge in [0.25, 0.3) is 0 Å². The van der Waals surface area contributed by atoms with Crippen molar-refractivity contribution in [1.29, 1.82) is 0 Å². The van der Waals surface area contributed by atoms with Gasteiger partial charge in [0.1, 0.15) is 0 Å². The summed E-state index contributed by atoms with van der Waals surface area (Å²) < 4.78 is 4.82. The Balaban J connectivity index is 1.46. The number of fused-ring (bicyclic) bond motifs is 5. The maximum absolute atomic E-state index is 11.5. The van der Waals surface area contributed by atoms with Crippen LogP contribution in [0.3, 0.4) is 0 Å². The van der Waals surface area contributed by atoms with Gasteiger partial charge in [-0.15, -0.1) is 0 Å². The van der Waals surface area contributed by atoms with Crippen molar-refractivity contribution in [3.05, 3.63) is 11.6 Å². The second-order valence-corrected chi connectivity index (χ2v) is 11.3. The molecular weight excluding hydrogens is 360 g/mol. The van der Waals surface area contributed by atoms with Gasteiger partial charge in [-0.1, -0.05) is 32.4 Å². The molecule has 29 heavy (non-hydrogen) atoms. The number of hydrogen-bond acceptors (Lipinski definition) is 3. The summed E-state index contributed by atoms with van der Waals surface area (Å²) in [6, 6.07) is 0. The van der Waals surface area contributed by atoms with Crippen LogP contribution >= 0.6 is 0 Å². The van der Waals surface area contributed by atoms with Gasteiger partial charge in [0.05, 0.1) is 13.2 Å². The number of hydrogen-bond donors (Lipinski definition) is 1. The van der Waals surface area contributed by atoms with Gasteiger partial charge in [0, 0.05) is 6.42 Å². The molecule has 1 N–H and O–H groups in total. The second kappa shape index (κ2) is 8.02. The van der Waals surface area contributed by atoms with E-state index in [2.05, 4.69) is 26.8 Å². The summed E-state index contributed by atoms with van der Waals surface area (Å²) in [5.74, 6) is 3.95. The van der Waals surface area contributed by atoms with Gasteiger partial charge in [-0.3, -0.25) is 4.79 Å². The summed E-state index contributed by atoms with van der Waals surface area (Å²) in [6.07, 6.45) is 14.9. The van der Waals surface area contributed by atoms with E-state index in [1.165, 1.54) is 45.6 Å². The van der Waals surface area contributed by atoms with Crippen LogP contribution in [-0.2, 0) is 9.53 Å². The van der Waals surface area contributed by atoms with E-state index in [0.29, 0.717) is 23.2 Å². The van der Waals surface area contributed by atoms with Gasteiger partial charge in [-0.25, -0.2) is 0 Å². The average molecular weight is 403 g/mol. The third-order valence-corrected chi connectivity index (χ3v) is 10.1. The third kappa shape index (κ3) is 3.60. The molecule has 3 saturated carbocycles. The largest absolute Gasteiger partial charge is 0.469 e. The molecule has 0 aromatic rings. The van der Waals surface area contributed by atoms with Crippen LogP contribution in [0.5, 0.6) is 0 Å². The maximum atomic E-state index is 11.5. The van der Waals surface area contributed by atoms with Crippen LogP contribution in [-0.4, -0.2) is 24.3 Å². The number of rotatable bonds is 5. The minimum Gasteiger partial charge on any atom is -0.469 e. The lowest BCUT2D eigenvalue weighted by Crippen LogP contribution is -2.50. The van der Waals surface area contributed by atoms with Gasteiger partial charge >= 0.3 is 5.97 Å². The van der Waals surface area contributed by atoms with Crippen LogP contribution in [0.2, 0.25) is 0 Å². The van der Waals surface area contributed by atoms with Gasteiger partial charge < -0.3 is 9.84 Å². The summed E-state index contributed by atoms with van der Waals surface area (Å²) in [7, 11) is 1.49. The lowest BCUT2D eigenvalue weighted by molar-refractivity contribution is -0.140. The Morgan fingerprint density at radius 1 is 1.21 bits per heavy atom. The van der Waals surface area contributed by atoms with E-state index in [-0.39, 0.29) is 12.1 Å². The van der Waals surface area contributed by atoms with Crippen molar-refractivity contribution in [2.24, 2.45) is 40.4 Å². The van der Waals surface area contributed by atoms with Crippen molar-refractivity contribution < 1.29 is 14.6 Å². The predicted octanol–water partition coefficient (Wildman–Crippen LogP) is 5.91. The van der Waals surface area contributed by atoms with Crippen LogP contribution in [0.1, 0.15) is 91.4 Å².